The normalized spacial score (nSPS) is 13.1. The minimum atomic E-state index is -4.72. The third-order valence-electron chi connectivity index (χ3n) is 2.45. The van der Waals surface area contributed by atoms with E-state index >= 15 is 0 Å². The summed E-state index contributed by atoms with van der Waals surface area (Å²) >= 11 is 0. The third kappa shape index (κ3) is 6.10. The van der Waals surface area contributed by atoms with Crippen molar-refractivity contribution >= 4 is 5.97 Å². The number of ether oxygens (including phenoxy) is 1. The molecular weight excluding hydrogens is 263 g/mol. The molecule has 1 aromatic rings. The third-order valence-corrected chi connectivity index (χ3v) is 2.45. The molecule has 7 heteroatoms. The standard InChI is InChI=1S/C12H14F3NO3/c13-12(14,15)19-9-6-4-8(5-7-9)10(16)2-1-3-11(17)18/h4-7,10H,1-3,16H2,(H,17,18). The number of halogens is 3. The Bertz CT molecular complexity index is 417. The first-order valence-corrected chi connectivity index (χ1v) is 5.61. The first kappa shape index (κ1) is 15.3. The van der Waals surface area contributed by atoms with Crippen LogP contribution >= 0.6 is 0 Å². The monoisotopic (exact) mass is 277 g/mol. The summed E-state index contributed by atoms with van der Waals surface area (Å²) < 4.78 is 39.6. The van der Waals surface area contributed by atoms with Gasteiger partial charge in [0.1, 0.15) is 5.75 Å². The maximum Gasteiger partial charge on any atom is 0.573 e. The van der Waals surface area contributed by atoms with Gasteiger partial charge in [-0.25, -0.2) is 0 Å². The van der Waals surface area contributed by atoms with Crippen molar-refractivity contribution in [2.45, 2.75) is 31.7 Å². The zero-order valence-corrected chi connectivity index (χ0v) is 9.98. The summed E-state index contributed by atoms with van der Waals surface area (Å²) in [6.45, 7) is 0. The number of hydrogen-bond donors (Lipinski definition) is 2. The fraction of sp³-hybridized carbons (Fsp3) is 0.417. The number of carbonyl (C=O) groups is 1. The average Bonchev–Trinajstić information content (AvgIpc) is 2.27. The number of benzene rings is 1. The maximum absolute atomic E-state index is 11.9. The highest BCUT2D eigenvalue weighted by Crippen LogP contribution is 2.25. The molecule has 3 N–H and O–H groups in total. The van der Waals surface area contributed by atoms with Gasteiger partial charge in [-0.2, -0.15) is 0 Å². The van der Waals surface area contributed by atoms with E-state index in [1.165, 1.54) is 24.3 Å². The van der Waals surface area contributed by atoms with Gasteiger partial charge in [-0.05, 0) is 30.5 Å². The number of carboxylic acids is 1. The minimum absolute atomic E-state index is 0.0168. The van der Waals surface area contributed by atoms with Gasteiger partial charge >= 0.3 is 12.3 Å². The fourth-order valence-electron chi connectivity index (χ4n) is 1.56. The lowest BCUT2D eigenvalue weighted by Crippen LogP contribution is -2.17. The van der Waals surface area contributed by atoms with Crippen molar-refractivity contribution < 1.29 is 27.8 Å². The van der Waals surface area contributed by atoms with E-state index in [1.807, 2.05) is 0 Å². The predicted molar refractivity (Wildman–Crippen MR) is 61.5 cm³/mol. The SMILES string of the molecule is NC(CCCC(=O)O)c1ccc(OC(F)(F)F)cc1. The predicted octanol–water partition coefficient (Wildman–Crippen LogP) is 2.84. The van der Waals surface area contributed by atoms with Crippen molar-refractivity contribution in [1.29, 1.82) is 0 Å². The number of alkyl halides is 3. The van der Waals surface area contributed by atoms with Gasteiger partial charge < -0.3 is 15.6 Å². The lowest BCUT2D eigenvalue weighted by Gasteiger charge is -2.13. The quantitative estimate of drug-likeness (QED) is 0.838. The molecule has 0 amide bonds. The van der Waals surface area contributed by atoms with Crippen molar-refractivity contribution in [2.24, 2.45) is 5.73 Å². The molecule has 1 rings (SSSR count). The molecule has 19 heavy (non-hydrogen) atoms. The van der Waals surface area contributed by atoms with Crippen molar-refractivity contribution in [2.75, 3.05) is 0 Å². The van der Waals surface area contributed by atoms with Crippen molar-refractivity contribution in [1.82, 2.24) is 0 Å². The molecule has 0 aliphatic rings. The Morgan fingerprint density at radius 1 is 1.32 bits per heavy atom. The van der Waals surface area contributed by atoms with Crippen molar-refractivity contribution in [3.05, 3.63) is 29.8 Å². The second kappa shape index (κ2) is 6.42. The van der Waals surface area contributed by atoms with Crippen LogP contribution in [0.15, 0.2) is 24.3 Å². The molecule has 0 saturated carbocycles. The zero-order chi connectivity index (χ0) is 14.5. The Hall–Kier alpha value is -1.76. The second-order valence-electron chi connectivity index (χ2n) is 4.01. The van der Waals surface area contributed by atoms with Gasteiger partial charge in [0.15, 0.2) is 0 Å². The van der Waals surface area contributed by atoms with E-state index in [9.17, 15) is 18.0 Å². The van der Waals surface area contributed by atoms with Gasteiger partial charge in [-0.15, -0.1) is 13.2 Å². The smallest absolute Gasteiger partial charge is 0.481 e. The van der Waals surface area contributed by atoms with Crippen LogP contribution in [0.25, 0.3) is 0 Å². The molecule has 106 valence electrons. The van der Waals surface area contributed by atoms with Crippen molar-refractivity contribution in [3.63, 3.8) is 0 Å². The van der Waals surface area contributed by atoms with Gasteiger partial charge in [0.25, 0.3) is 0 Å². The molecule has 0 spiro atoms. The van der Waals surface area contributed by atoms with Crippen LogP contribution in [0.3, 0.4) is 0 Å². The number of carboxylic acid groups (broad SMARTS) is 1. The summed E-state index contributed by atoms with van der Waals surface area (Å²) in [5.74, 6) is -1.21. The zero-order valence-electron chi connectivity index (χ0n) is 9.98. The minimum Gasteiger partial charge on any atom is -0.481 e. The fourth-order valence-corrected chi connectivity index (χ4v) is 1.56. The molecule has 0 bridgehead atoms. The maximum atomic E-state index is 11.9. The van der Waals surface area contributed by atoms with Crippen LogP contribution in [0.1, 0.15) is 30.9 Å². The molecule has 0 saturated heterocycles. The van der Waals surface area contributed by atoms with E-state index in [4.69, 9.17) is 10.8 Å². The summed E-state index contributed by atoms with van der Waals surface area (Å²) in [5, 5.41) is 8.48. The van der Waals surface area contributed by atoms with Gasteiger partial charge in [0.05, 0.1) is 0 Å². The molecule has 0 fully saturated rings. The van der Waals surface area contributed by atoms with Gasteiger partial charge in [0, 0.05) is 12.5 Å². The molecule has 1 unspecified atom stereocenters. The van der Waals surface area contributed by atoms with Crippen LogP contribution in [0.4, 0.5) is 13.2 Å². The Morgan fingerprint density at radius 2 is 1.89 bits per heavy atom. The van der Waals surface area contributed by atoms with E-state index in [0.717, 1.165) is 0 Å². The Labute approximate surface area is 108 Å². The lowest BCUT2D eigenvalue weighted by molar-refractivity contribution is -0.274. The summed E-state index contributed by atoms with van der Waals surface area (Å²) in [6.07, 6.45) is -3.84. The van der Waals surface area contributed by atoms with Gasteiger partial charge in [-0.1, -0.05) is 12.1 Å². The largest absolute Gasteiger partial charge is 0.573 e. The van der Waals surface area contributed by atoms with E-state index in [0.29, 0.717) is 18.4 Å². The molecular formula is C12H14F3NO3. The highest BCUT2D eigenvalue weighted by molar-refractivity contribution is 5.66. The summed E-state index contributed by atoms with van der Waals surface area (Å²) in [4.78, 5) is 10.3. The van der Waals surface area contributed by atoms with Crippen molar-refractivity contribution in [3.8, 4) is 5.75 Å². The first-order chi connectivity index (χ1) is 8.78. The highest BCUT2D eigenvalue weighted by Gasteiger charge is 2.30. The summed E-state index contributed by atoms with van der Waals surface area (Å²) in [7, 11) is 0. The Morgan fingerprint density at radius 3 is 2.37 bits per heavy atom. The van der Waals surface area contributed by atoms with Crippen LogP contribution in [0, 0.1) is 0 Å². The number of hydrogen-bond acceptors (Lipinski definition) is 3. The van der Waals surface area contributed by atoms with E-state index in [1.54, 1.807) is 0 Å². The molecule has 1 aromatic carbocycles. The first-order valence-electron chi connectivity index (χ1n) is 5.61. The molecule has 0 aliphatic heterocycles. The number of rotatable bonds is 6. The second-order valence-corrected chi connectivity index (χ2v) is 4.01. The number of nitrogens with two attached hydrogens (primary N) is 1. The summed E-state index contributed by atoms with van der Waals surface area (Å²) in [5.41, 5.74) is 6.44. The van der Waals surface area contributed by atoms with E-state index < -0.39 is 18.4 Å². The number of aliphatic carboxylic acids is 1. The summed E-state index contributed by atoms with van der Waals surface area (Å²) in [6, 6.07) is 4.83. The van der Waals surface area contributed by atoms with Crippen LogP contribution in [-0.2, 0) is 4.79 Å². The van der Waals surface area contributed by atoms with Gasteiger partial charge in [-0.3, -0.25) is 4.79 Å². The van der Waals surface area contributed by atoms with Crippen LogP contribution in [0.2, 0.25) is 0 Å². The Kier molecular flexibility index (Phi) is 5.17. The molecule has 0 heterocycles. The highest BCUT2D eigenvalue weighted by atomic mass is 19.4. The van der Waals surface area contributed by atoms with Crippen LogP contribution in [0.5, 0.6) is 5.75 Å². The van der Waals surface area contributed by atoms with Crippen LogP contribution < -0.4 is 10.5 Å². The van der Waals surface area contributed by atoms with Gasteiger partial charge in [0.2, 0.25) is 0 Å². The molecule has 4 nitrogen and oxygen atoms in total. The molecule has 0 aromatic heterocycles. The van der Waals surface area contributed by atoms with E-state index in [2.05, 4.69) is 4.74 Å². The van der Waals surface area contributed by atoms with Crippen LogP contribution in [-0.4, -0.2) is 17.4 Å². The molecule has 1 atom stereocenters. The Balaban J connectivity index is 2.53. The average molecular weight is 277 g/mol. The molecule has 0 aliphatic carbocycles. The van der Waals surface area contributed by atoms with E-state index in [-0.39, 0.29) is 12.2 Å². The topological polar surface area (TPSA) is 72.6 Å². The molecule has 0 radical (unpaired) electrons. The lowest BCUT2D eigenvalue weighted by atomic mass is 10.0.